The van der Waals surface area contributed by atoms with Crippen LogP contribution in [0.25, 0.3) is 0 Å². The number of aliphatic hydroxyl groups is 1. The minimum Gasteiger partial charge on any atom is -0.496 e. The molecule has 0 heterocycles. The number of methoxy groups -OCH3 is 1. The van der Waals surface area contributed by atoms with Crippen LogP contribution >= 0.6 is 11.6 Å². The molecule has 2 aromatic rings. The standard InChI is InChI=1S/C17H17ClO3/c1-20-15-4-2-3-14(18)16(15)17(19)11-5-7-12(8-6-11)21-13-9-10-13/h2-8,13,17,19H,9-10H2,1H3. The Balaban J connectivity index is 1.85. The SMILES string of the molecule is COc1cccc(Cl)c1C(O)c1ccc(OC2CC2)cc1. The van der Waals surface area contributed by atoms with Gasteiger partial charge in [-0.15, -0.1) is 0 Å². The zero-order chi connectivity index (χ0) is 14.8. The van der Waals surface area contributed by atoms with Crippen LogP contribution in [0.5, 0.6) is 11.5 Å². The van der Waals surface area contributed by atoms with Crippen LogP contribution in [-0.4, -0.2) is 18.3 Å². The molecule has 1 atom stereocenters. The summed E-state index contributed by atoms with van der Waals surface area (Å²) in [5.74, 6) is 1.41. The van der Waals surface area contributed by atoms with Gasteiger partial charge in [0.1, 0.15) is 17.6 Å². The van der Waals surface area contributed by atoms with Crippen LogP contribution < -0.4 is 9.47 Å². The summed E-state index contributed by atoms with van der Waals surface area (Å²) in [6.45, 7) is 0. The van der Waals surface area contributed by atoms with Crippen molar-refractivity contribution < 1.29 is 14.6 Å². The van der Waals surface area contributed by atoms with Gasteiger partial charge in [0, 0.05) is 5.56 Å². The molecule has 3 rings (SSSR count). The summed E-state index contributed by atoms with van der Waals surface area (Å²) in [6.07, 6.45) is 1.79. The summed E-state index contributed by atoms with van der Waals surface area (Å²) in [5.41, 5.74) is 1.34. The van der Waals surface area contributed by atoms with Crippen LogP contribution in [0.4, 0.5) is 0 Å². The predicted molar refractivity (Wildman–Crippen MR) is 82.2 cm³/mol. The molecule has 0 bridgehead atoms. The Hall–Kier alpha value is -1.71. The number of halogens is 1. The quantitative estimate of drug-likeness (QED) is 0.908. The van der Waals surface area contributed by atoms with Gasteiger partial charge in [0.25, 0.3) is 0 Å². The van der Waals surface area contributed by atoms with Gasteiger partial charge in [0.05, 0.1) is 18.2 Å². The third kappa shape index (κ3) is 3.14. The van der Waals surface area contributed by atoms with Crippen molar-refractivity contribution in [2.75, 3.05) is 7.11 Å². The van der Waals surface area contributed by atoms with Gasteiger partial charge in [-0.1, -0.05) is 29.8 Å². The van der Waals surface area contributed by atoms with Crippen molar-refractivity contribution in [2.24, 2.45) is 0 Å². The summed E-state index contributed by atoms with van der Waals surface area (Å²) < 4.78 is 11.0. The molecule has 21 heavy (non-hydrogen) atoms. The fourth-order valence-electron chi connectivity index (χ4n) is 2.23. The van der Waals surface area contributed by atoms with Gasteiger partial charge >= 0.3 is 0 Å². The Morgan fingerprint density at radius 1 is 1.14 bits per heavy atom. The molecule has 2 aromatic carbocycles. The molecular formula is C17H17ClO3. The number of benzene rings is 2. The molecule has 0 aliphatic heterocycles. The number of ether oxygens (including phenoxy) is 2. The second-order valence-corrected chi connectivity index (χ2v) is 5.55. The lowest BCUT2D eigenvalue weighted by atomic mass is 10.0. The minimum absolute atomic E-state index is 0.365. The van der Waals surface area contributed by atoms with E-state index in [1.165, 1.54) is 0 Å². The molecule has 1 unspecified atom stereocenters. The molecule has 1 aliphatic rings. The van der Waals surface area contributed by atoms with E-state index in [0.717, 1.165) is 24.2 Å². The minimum atomic E-state index is -0.830. The fraction of sp³-hybridized carbons (Fsp3) is 0.294. The molecule has 110 valence electrons. The largest absolute Gasteiger partial charge is 0.496 e. The van der Waals surface area contributed by atoms with E-state index in [0.29, 0.717) is 22.4 Å². The summed E-state index contributed by atoms with van der Waals surface area (Å²) >= 11 is 6.20. The molecule has 4 heteroatoms. The molecule has 1 fully saturated rings. The van der Waals surface area contributed by atoms with E-state index in [1.54, 1.807) is 25.3 Å². The zero-order valence-electron chi connectivity index (χ0n) is 11.8. The van der Waals surface area contributed by atoms with E-state index in [2.05, 4.69) is 0 Å². The maximum Gasteiger partial charge on any atom is 0.126 e. The van der Waals surface area contributed by atoms with Crippen LogP contribution in [-0.2, 0) is 0 Å². The molecule has 1 saturated carbocycles. The highest BCUT2D eigenvalue weighted by Crippen LogP contribution is 2.36. The van der Waals surface area contributed by atoms with Gasteiger partial charge in [-0.2, -0.15) is 0 Å². The van der Waals surface area contributed by atoms with Gasteiger partial charge in [0.15, 0.2) is 0 Å². The number of rotatable bonds is 5. The molecule has 1 aliphatic carbocycles. The first-order chi connectivity index (χ1) is 10.2. The second kappa shape index (κ2) is 5.96. The Labute approximate surface area is 129 Å². The van der Waals surface area contributed by atoms with E-state index in [1.807, 2.05) is 24.3 Å². The summed E-state index contributed by atoms with van der Waals surface area (Å²) in [6, 6.07) is 12.8. The highest BCUT2D eigenvalue weighted by atomic mass is 35.5. The van der Waals surface area contributed by atoms with Crippen molar-refractivity contribution in [3.8, 4) is 11.5 Å². The summed E-state index contributed by atoms with van der Waals surface area (Å²) in [4.78, 5) is 0. The number of aliphatic hydroxyl groups excluding tert-OH is 1. The average molecular weight is 305 g/mol. The van der Waals surface area contributed by atoms with E-state index in [-0.39, 0.29) is 0 Å². The lowest BCUT2D eigenvalue weighted by molar-refractivity contribution is 0.214. The molecule has 0 radical (unpaired) electrons. The maximum atomic E-state index is 10.6. The smallest absolute Gasteiger partial charge is 0.126 e. The third-order valence-electron chi connectivity index (χ3n) is 3.53. The fourth-order valence-corrected chi connectivity index (χ4v) is 2.50. The van der Waals surface area contributed by atoms with Gasteiger partial charge < -0.3 is 14.6 Å². The van der Waals surface area contributed by atoms with Crippen LogP contribution in [0.2, 0.25) is 5.02 Å². The normalized spacial score (nSPS) is 15.6. The van der Waals surface area contributed by atoms with E-state index < -0.39 is 6.10 Å². The summed E-state index contributed by atoms with van der Waals surface area (Å²) in [5, 5.41) is 11.1. The van der Waals surface area contributed by atoms with Crippen molar-refractivity contribution in [2.45, 2.75) is 25.0 Å². The van der Waals surface area contributed by atoms with Gasteiger partial charge in [0.2, 0.25) is 0 Å². The first-order valence-corrected chi connectivity index (χ1v) is 7.34. The molecule has 0 amide bonds. The average Bonchev–Trinajstić information content (AvgIpc) is 3.31. The maximum absolute atomic E-state index is 10.6. The number of hydrogen-bond acceptors (Lipinski definition) is 3. The van der Waals surface area contributed by atoms with E-state index in [9.17, 15) is 5.11 Å². The van der Waals surface area contributed by atoms with Crippen molar-refractivity contribution >= 4 is 11.6 Å². The van der Waals surface area contributed by atoms with Gasteiger partial charge in [-0.05, 0) is 42.7 Å². The predicted octanol–water partition coefficient (Wildman–Crippen LogP) is 3.97. The summed E-state index contributed by atoms with van der Waals surface area (Å²) in [7, 11) is 1.56. The lowest BCUT2D eigenvalue weighted by Crippen LogP contribution is -2.04. The molecule has 0 aromatic heterocycles. The third-order valence-corrected chi connectivity index (χ3v) is 3.86. The van der Waals surface area contributed by atoms with Crippen LogP contribution in [0, 0.1) is 0 Å². The van der Waals surface area contributed by atoms with Gasteiger partial charge in [-0.25, -0.2) is 0 Å². The number of hydrogen-bond donors (Lipinski definition) is 1. The molecule has 0 saturated heterocycles. The van der Waals surface area contributed by atoms with E-state index in [4.69, 9.17) is 21.1 Å². The topological polar surface area (TPSA) is 38.7 Å². The van der Waals surface area contributed by atoms with E-state index >= 15 is 0 Å². The lowest BCUT2D eigenvalue weighted by Gasteiger charge is -2.17. The van der Waals surface area contributed by atoms with Gasteiger partial charge in [-0.3, -0.25) is 0 Å². The first kappa shape index (κ1) is 14.2. The molecule has 3 nitrogen and oxygen atoms in total. The highest BCUT2D eigenvalue weighted by Gasteiger charge is 2.24. The van der Waals surface area contributed by atoms with Crippen molar-refractivity contribution in [1.29, 1.82) is 0 Å². The van der Waals surface area contributed by atoms with Crippen molar-refractivity contribution in [3.63, 3.8) is 0 Å². The Morgan fingerprint density at radius 3 is 2.48 bits per heavy atom. The van der Waals surface area contributed by atoms with Crippen molar-refractivity contribution in [3.05, 3.63) is 58.6 Å². The zero-order valence-corrected chi connectivity index (χ0v) is 12.5. The monoisotopic (exact) mass is 304 g/mol. The Morgan fingerprint density at radius 2 is 1.86 bits per heavy atom. The Kier molecular flexibility index (Phi) is 4.04. The molecule has 0 spiro atoms. The second-order valence-electron chi connectivity index (χ2n) is 5.14. The first-order valence-electron chi connectivity index (χ1n) is 6.96. The Bertz CT molecular complexity index is 620. The van der Waals surface area contributed by atoms with Crippen LogP contribution in [0.3, 0.4) is 0 Å². The molecule has 1 N–H and O–H groups in total. The van der Waals surface area contributed by atoms with Crippen LogP contribution in [0.15, 0.2) is 42.5 Å². The highest BCUT2D eigenvalue weighted by molar-refractivity contribution is 6.31. The van der Waals surface area contributed by atoms with Crippen molar-refractivity contribution in [1.82, 2.24) is 0 Å². The molecular weight excluding hydrogens is 288 g/mol. The van der Waals surface area contributed by atoms with Crippen LogP contribution in [0.1, 0.15) is 30.1 Å².